The molecule has 3 heterocycles. The summed E-state index contributed by atoms with van der Waals surface area (Å²) < 4.78 is 5.82. The van der Waals surface area contributed by atoms with Crippen LogP contribution < -0.4 is 4.90 Å². The van der Waals surface area contributed by atoms with E-state index in [4.69, 9.17) is 16.3 Å². The van der Waals surface area contributed by atoms with Crippen LogP contribution in [0.15, 0.2) is 6.07 Å². The van der Waals surface area contributed by atoms with Gasteiger partial charge in [0.05, 0.1) is 18.8 Å². The molecule has 2 saturated heterocycles. The molecule has 2 fully saturated rings. The second-order valence-electron chi connectivity index (χ2n) is 4.96. The molecule has 2 aliphatic rings. The average Bonchev–Trinajstić information content (AvgIpc) is 2.73. The first-order valence-electron chi connectivity index (χ1n) is 6.21. The molecule has 1 aromatic rings. The molecule has 0 aromatic carbocycles. The van der Waals surface area contributed by atoms with E-state index < -0.39 is 0 Å². The molecule has 0 spiro atoms. The lowest BCUT2D eigenvalue weighted by Gasteiger charge is -2.33. The fourth-order valence-corrected chi connectivity index (χ4v) is 2.94. The molecule has 0 radical (unpaired) electrons. The summed E-state index contributed by atoms with van der Waals surface area (Å²) in [6.07, 6.45) is 0.276. The van der Waals surface area contributed by atoms with Crippen LogP contribution in [-0.4, -0.2) is 60.3 Å². The minimum atomic E-state index is 0.276. The third kappa shape index (κ3) is 2.18. The van der Waals surface area contributed by atoms with Crippen molar-refractivity contribution in [1.82, 2.24) is 14.9 Å². The fraction of sp³-hybridized carbons (Fsp3) is 0.667. The van der Waals surface area contributed by atoms with Crippen molar-refractivity contribution in [2.24, 2.45) is 0 Å². The largest absolute Gasteiger partial charge is 0.373 e. The number of likely N-dealkylation sites (N-methyl/N-ethyl adjacent to an activating group) is 1. The third-order valence-corrected chi connectivity index (χ3v) is 3.89. The fourth-order valence-electron chi connectivity index (χ4n) is 2.72. The van der Waals surface area contributed by atoms with Crippen molar-refractivity contribution in [3.8, 4) is 0 Å². The Kier molecular flexibility index (Phi) is 3.13. The summed E-state index contributed by atoms with van der Waals surface area (Å²) in [4.78, 5) is 13.2. The van der Waals surface area contributed by atoms with Crippen molar-refractivity contribution in [2.45, 2.75) is 19.1 Å². The molecule has 3 rings (SSSR count). The van der Waals surface area contributed by atoms with E-state index in [-0.39, 0.29) is 6.10 Å². The SMILES string of the molecule is Cc1nc(Cl)cc(N2CC3OCCN(C)C3C2)n1. The summed E-state index contributed by atoms with van der Waals surface area (Å²) in [6.45, 7) is 5.49. The lowest BCUT2D eigenvalue weighted by molar-refractivity contribution is -0.0362. The maximum absolute atomic E-state index is 5.99. The van der Waals surface area contributed by atoms with E-state index in [0.717, 1.165) is 32.1 Å². The molecule has 0 saturated carbocycles. The maximum atomic E-state index is 5.99. The highest BCUT2D eigenvalue weighted by Gasteiger charge is 2.39. The predicted octanol–water partition coefficient (Wildman–Crippen LogP) is 0.958. The van der Waals surface area contributed by atoms with Gasteiger partial charge in [0.2, 0.25) is 0 Å². The molecule has 2 unspecified atom stereocenters. The zero-order valence-corrected chi connectivity index (χ0v) is 11.4. The number of aromatic nitrogens is 2. The van der Waals surface area contributed by atoms with Gasteiger partial charge < -0.3 is 9.64 Å². The third-order valence-electron chi connectivity index (χ3n) is 3.70. The number of nitrogens with zero attached hydrogens (tertiary/aromatic N) is 4. The Hall–Kier alpha value is -0.910. The molecule has 0 bridgehead atoms. The van der Waals surface area contributed by atoms with Crippen LogP contribution in [0.5, 0.6) is 0 Å². The molecule has 1 aromatic heterocycles. The zero-order valence-electron chi connectivity index (χ0n) is 10.6. The number of hydrogen-bond donors (Lipinski definition) is 0. The Morgan fingerprint density at radius 1 is 1.39 bits per heavy atom. The minimum absolute atomic E-state index is 0.276. The summed E-state index contributed by atoms with van der Waals surface area (Å²) in [5, 5.41) is 0.502. The molecular weight excluding hydrogens is 252 g/mol. The molecule has 5 nitrogen and oxygen atoms in total. The summed E-state index contributed by atoms with van der Waals surface area (Å²) >= 11 is 5.99. The highest BCUT2D eigenvalue weighted by atomic mass is 35.5. The van der Waals surface area contributed by atoms with Crippen LogP contribution in [0.1, 0.15) is 5.82 Å². The number of halogens is 1. The Morgan fingerprint density at radius 3 is 2.94 bits per heavy atom. The topological polar surface area (TPSA) is 41.5 Å². The molecule has 0 amide bonds. The maximum Gasteiger partial charge on any atom is 0.134 e. The van der Waals surface area contributed by atoms with E-state index in [9.17, 15) is 0 Å². The zero-order chi connectivity index (χ0) is 12.7. The van der Waals surface area contributed by atoms with Crippen LogP contribution in [0.3, 0.4) is 0 Å². The Labute approximate surface area is 112 Å². The van der Waals surface area contributed by atoms with Crippen molar-refractivity contribution in [2.75, 3.05) is 38.2 Å². The highest BCUT2D eigenvalue weighted by molar-refractivity contribution is 6.29. The van der Waals surface area contributed by atoms with Crippen molar-refractivity contribution < 1.29 is 4.74 Å². The van der Waals surface area contributed by atoms with E-state index in [1.165, 1.54) is 0 Å². The van der Waals surface area contributed by atoms with E-state index in [1.54, 1.807) is 0 Å². The first kappa shape index (κ1) is 12.1. The second-order valence-corrected chi connectivity index (χ2v) is 5.35. The molecular formula is C12H17ClN4O. The van der Waals surface area contributed by atoms with E-state index in [0.29, 0.717) is 17.0 Å². The molecule has 2 aliphatic heterocycles. The lowest BCUT2D eigenvalue weighted by Crippen LogP contribution is -2.48. The molecule has 6 heteroatoms. The number of fused-ring (bicyclic) bond motifs is 1. The lowest BCUT2D eigenvalue weighted by atomic mass is 10.1. The van der Waals surface area contributed by atoms with Gasteiger partial charge in [-0.25, -0.2) is 9.97 Å². The van der Waals surface area contributed by atoms with Gasteiger partial charge in [-0.3, -0.25) is 4.90 Å². The first-order chi connectivity index (χ1) is 8.63. The van der Waals surface area contributed by atoms with Gasteiger partial charge >= 0.3 is 0 Å². The molecule has 0 N–H and O–H groups in total. The number of ether oxygens (including phenoxy) is 1. The summed E-state index contributed by atoms with van der Waals surface area (Å²) in [7, 11) is 2.15. The van der Waals surface area contributed by atoms with Gasteiger partial charge in [0, 0.05) is 25.7 Å². The van der Waals surface area contributed by atoms with Gasteiger partial charge in [-0.1, -0.05) is 11.6 Å². The first-order valence-corrected chi connectivity index (χ1v) is 6.59. The monoisotopic (exact) mass is 268 g/mol. The number of hydrogen-bond acceptors (Lipinski definition) is 5. The van der Waals surface area contributed by atoms with Crippen molar-refractivity contribution in [3.63, 3.8) is 0 Å². The highest BCUT2D eigenvalue weighted by Crippen LogP contribution is 2.26. The van der Waals surface area contributed by atoms with Gasteiger partial charge in [-0.05, 0) is 14.0 Å². The quantitative estimate of drug-likeness (QED) is 0.710. The van der Waals surface area contributed by atoms with Crippen LogP contribution in [-0.2, 0) is 4.74 Å². The van der Waals surface area contributed by atoms with E-state index >= 15 is 0 Å². The molecule has 18 heavy (non-hydrogen) atoms. The average molecular weight is 269 g/mol. The molecule has 2 atom stereocenters. The van der Waals surface area contributed by atoms with Crippen LogP contribution in [0, 0.1) is 6.92 Å². The molecule has 98 valence electrons. The van der Waals surface area contributed by atoms with Crippen molar-refractivity contribution in [3.05, 3.63) is 17.0 Å². The normalized spacial score (nSPS) is 28.5. The van der Waals surface area contributed by atoms with Gasteiger partial charge in [-0.15, -0.1) is 0 Å². The number of aryl methyl sites for hydroxylation is 1. The molecule has 0 aliphatic carbocycles. The summed E-state index contributed by atoms with van der Waals surface area (Å²) in [6, 6.07) is 2.28. The second kappa shape index (κ2) is 4.64. The smallest absolute Gasteiger partial charge is 0.134 e. The summed E-state index contributed by atoms with van der Waals surface area (Å²) in [5.74, 6) is 1.61. The number of rotatable bonds is 1. The number of morpholine rings is 1. The van der Waals surface area contributed by atoms with Crippen molar-refractivity contribution >= 4 is 17.4 Å². The van der Waals surface area contributed by atoms with E-state index in [1.807, 2.05) is 13.0 Å². The van der Waals surface area contributed by atoms with E-state index in [2.05, 4.69) is 26.8 Å². The van der Waals surface area contributed by atoms with Crippen LogP contribution in [0.2, 0.25) is 5.15 Å². The predicted molar refractivity (Wildman–Crippen MR) is 70.2 cm³/mol. The Bertz CT molecular complexity index is 435. The van der Waals surface area contributed by atoms with Gasteiger partial charge in [-0.2, -0.15) is 0 Å². The van der Waals surface area contributed by atoms with Gasteiger partial charge in [0.15, 0.2) is 0 Å². The van der Waals surface area contributed by atoms with Crippen LogP contribution in [0.25, 0.3) is 0 Å². The van der Waals surface area contributed by atoms with Crippen LogP contribution >= 0.6 is 11.6 Å². The standard InChI is InChI=1S/C12H17ClN4O/c1-8-14-11(13)5-12(15-8)17-6-9-10(7-17)18-4-3-16(9)2/h5,9-10H,3-4,6-7H2,1-2H3. The summed E-state index contributed by atoms with van der Waals surface area (Å²) in [5.41, 5.74) is 0. The van der Waals surface area contributed by atoms with Gasteiger partial charge in [0.1, 0.15) is 16.8 Å². The van der Waals surface area contributed by atoms with Crippen LogP contribution in [0.4, 0.5) is 5.82 Å². The van der Waals surface area contributed by atoms with Gasteiger partial charge in [0.25, 0.3) is 0 Å². The minimum Gasteiger partial charge on any atom is -0.373 e. The Balaban J connectivity index is 1.82. The number of anilines is 1. The van der Waals surface area contributed by atoms with Crippen molar-refractivity contribution in [1.29, 1.82) is 0 Å². The Morgan fingerprint density at radius 2 is 2.22 bits per heavy atom.